The van der Waals surface area contributed by atoms with Crippen LogP contribution in [0.1, 0.15) is 43.2 Å². The lowest BCUT2D eigenvalue weighted by Gasteiger charge is -2.36. The highest BCUT2D eigenvalue weighted by atomic mass is 19.1. The number of hydrogen-bond donors (Lipinski definition) is 1. The van der Waals surface area contributed by atoms with Crippen LogP contribution in [0.25, 0.3) is 22.9 Å². The van der Waals surface area contributed by atoms with Crippen LogP contribution in [-0.2, 0) is 6.42 Å². The molecule has 3 aromatic carbocycles. The van der Waals surface area contributed by atoms with E-state index in [1.807, 2.05) is 47.3 Å². The quantitative estimate of drug-likeness (QED) is 0.373. The minimum absolute atomic E-state index is 0.202. The smallest absolute Gasteiger partial charge is 0.123 e. The number of aliphatic hydroxyl groups excluding tert-OH is 1. The van der Waals surface area contributed by atoms with Crippen molar-refractivity contribution in [3.05, 3.63) is 113 Å². The Morgan fingerprint density at radius 3 is 2.45 bits per heavy atom. The van der Waals surface area contributed by atoms with Crippen LogP contribution in [0.2, 0.25) is 0 Å². The van der Waals surface area contributed by atoms with Crippen molar-refractivity contribution in [1.82, 2.24) is 9.78 Å². The first-order valence-electron chi connectivity index (χ1n) is 11.3. The van der Waals surface area contributed by atoms with Gasteiger partial charge in [0.2, 0.25) is 0 Å². The molecule has 166 valence electrons. The molecule has 2 atom stereocenters. The zero-order valence-corrected chi connectivity index (χ0v) is 18.9. The summed E-state index contributed by atoms with van der Waals surface area (Å²) < 4.78 is 15.2. The third-order valence-electron chi connectivity index (χ3n) is 6.89. The number of hydrogen-bond acceptors (Lipinski definition) is 2. The summed E-state index contributed by atoms with van der Waals surface area (Å²) in [7, 11) is 0. The van der Waals surface area contributed by atoms with Crippen LogP contribution in [-0.4, -0.2) is 14.9 Å². The Balaban J connectivity index is 1.44. The Hall–Kier alpha value is -3.50. The Morgan fingerprint density at radius 1 is 1.00 bits per heavy atom. The Kier molecular flexibility index (Phi) is 5.47. The van der Waals surface area contributed by atoms with Gasteiger partial charge in [0.25, 0.3) is 0 Å². The normalized spacial score (nSPS) is 18.5. The fraction of sp³-hybridized carbons (Fsp3) is 0.207. The van der Waals surface area contributed by atoms with Gasteiger partial charge in [0.15, 0.2) is 0 Å². The molecule has 1 aliphatic rings. The molecule has 0 bridgehead atoms. The second-order valence-corrected chi connectivity index (χ2v) is 9.18. The first kappa shape index (κ1) is 21.4. The molecule has 0 fully saturated rings. The number of allylic oxidation sites excluding steroid dienone is 1. The molecule has 1 unspecified atom stereocenters. The van der Waals surface area contributed by atoms with Crippen LogP contribution >= 0.6 is 0 Å². The van der Waals surface area contributed by atoms with Gasteiger partial charge in [0.05, 0.1) is 23.7 Å². The summed E-state index contributed by atoms with van der Waals surface area (Å²) in [5.41, 5.74) is 7.12. The molecule has 0 amide bonds. The second kappa shape index (κ2) is 8.45. The third-order valence-corrected chi connectivity index (χ3v) is 6.89. The van der Waals surface area contributed by atoms with Gasteiger partial charge < -0.3 is 5.11 Å². The number of halogens is 1. The first-order valence-corrected chi connectivity index (χ1v) is 11.3. The number of fused-ring (bicyclic) bond motifs is 1. The van der Waals surface area contributed by atoms with Gasteiger partial charge in [-0.25, -0.2) is 9.07 Å². The fourth-order valence-electron chi connectivity index (χ4n) is 4.85. The molecular weight excluding hydrogens is 411 g/mol. The highest BCUT2D eigenvalue weighted by molar-refractivity contribution is 5.68. The Morgan fingerprint density at radius 2 is 1.70 bits per heavy atom. The van der Waals surface area contributed by atoms with Crippen molar-refractivity contribution in [2.24, 2.45) is 5.41 Å². The van der Waals surface area contributed by atoms with Gasteiger partial charge in [0, 0.05) is 0 Å². The lowest BCUT2D eigenvalue weighted by atomic mass is 9.69. The van der Waals surface area contributed by atoms with Gasteiger partial charge in [-0.1, -0.05) is 67.1 Å². The van der Waals surface area contributed by atoms with E-state index in [0.29, 0.717) is 6.42 Å². The zero-order valence-electron chi connectivity index (χ0n) is 18.9. The SMILES string of the molecule is CC1=Cc2c(cnn2-c2ccc(F)cc2)C[C@@]1(C)CC(O)c1ccccc1-c1ccccc1. The molecule has 0 spiro atoms. The molecule has 1 N–H and O–H groups in total. The second-order valence-electron chi connectivity index (χ2n) is 9.18. The van der Waals surface area contributed by atoms with E-state index in [1.54, 1.807) is 12.1 Å². The zero-order chi connectivity index (χ0) is 23.0. The fourth-order valence-corrected chi connectivity index (χ4v) is 4.85. The predicted octanol–water partition coefficient (Wildman–Crippen LogP) is 6.77. The van der Waals surface area contributed by atoms with Crippen molar-refractivity contribution in [2.75, 3.05) is 0 Å². The van der Waals surface area contributed by atoms with Gasteiger partial charge in [-0.3, -0.25) is 0 Å². The summed E-state index contributed by atoms with van der Waals surface area (Å²) in [5.74, 6) is -0.260. The van der Waals surface area contributed by atoms with Crippen molar-refractivity contribution in [3.8, 4) is 16.8 Å². The molecule has 1 aliphatic carbocycles. The lowest BCUT2D eigenvalue weighted by Crippen LogP contribution is -2.27. The first-order chi connectivity index (χ1) is 15.9. The molecule has 0 aliphatic heterocycles. The summed E-state index contributed by atoms with van der Waals surface area (Å²) in [4.78, 5) is 0. The molecule has 0 saturated carbocycles. The molecule has 4 heteroatoms. The maximum atomic E-state index is 13.4. The molecule has 33 heavy (non-hydrogen) atoms. The van der Waals surface area contributed by atoms with E-state index < -0.39 is 6.10 Å². The average Bonchev–Trinajstić information content (AvgIpc) is 3.22. The summed E-state index contributed by atoms with van der Waals surface area (Å²) in [6.45, 7) is 4.34. The minimum Gasteiger partial charge on any atom is -0.388 e. The maximum absolute atomic E-state index is 13.4. The molecule has 0 radical (unpaired) electrons. The monoisotopic (exact) mass is 438 g/mol. The summed E-state index contributed by atoms with van der Waals surface area (Å²) >= 11 is 0. The topological polar surface area (TPSA) is 38.0 Å². The number of aromatic nitrogens is 2. The van der Waals surface area contributed by atoms with Crippen LogP contribution in [0.5, 0.6) is 0 Å². The molecule has 5 rings (SSSR count). The van der Waals surface area contributed by atoms with Crippen molar-refractivity contribution in [2.45, 2.75) is 32.8 Å². The van der Waals surface area contributed by atoms with Crippen molar-refractivity contribution < 1.29 is 9.50 Å². The van der Waals surface area contributed by atoms with Crippen LogP contribution in [0.3, 0.4) is 0 Å². The largest absolute Gasteiger partial charge is 0.388 e. The van der Waals surface area contributed by atoms with Crippen LogP contribution in [0.15, 0.2) is 90.6 Å². The number of nitrogens with zero attached hydrogens (tertiary/aromatic N) is 2. The predicted molar refractivity (Wildman–Crippen MR) is 130 cm³/mol. The highest BCUT2D eigenvalue weighted by Crippen LogP contribution is 2.45. The van der Waals surface area contributed by atoms with E-state index in [1.165, 1.54) is 17.7 Å². The van der Waals surface area contributed by atoms with Gasteiger partial charge in [0.1, 0.15) is 5.82 Å². The molecule has 1 aromatic heterocycles. The number of benzene rings is 3. The van der Waals surface area contributed by atoms with Gasteiger partial charge in [-0.2, -0.15) is 5.10 Å². The molecule has 3 nitrogen and oxygen atoms in total. The standard InChI is InChI=1S/C29H27FN2O/c1-20-16-27-22(19-31-32(27)24-14-12-23(30)13-15-24)17-29(20,2)18-28(33)26-11-7-6-10-25(26)21-8-4-3-5-9-21/h3-16,19,28,33H,17-18H2,1-2H3/t28?,29-/m0/s1. The van der Waals surface area contributed by atoms with Gasteiger partial charge >= 0.3 is 0 Å². The van der Waals surface area contributed by atoms with Gasteiger partial charge in [-0.05, 0) is 77.8 Å². The Bertz CT molecular complexity index is 1310. The molecule has 4 aromatic rings. The number of rotatable bonds is 5. The van der Waals surface area contributed by atoms with Crippen molar-refractivity contribution in [1.29, 1.82) is 0 Å². The van der Waals surface area contributed by atoms with Crippen molar-refractivity contribution in [3.63, 3.8) is 0 Å². The third kappa shape index (κ3) is 4.03. The van der Waals surface area contributed by atoms with E-state index in [-0.39, 0.29) is 11.2 Å². The van der Waals surface area contributed by atoms with Crippen LogP contribution < -0.4 is 0 Å². The van der Waals surface area contributed by atoms with E-state index in [2.05, 4.69) is 43.2 Å². The minimum atomic E-state index is -0.594. The number of aliphatic hydroxyl groups is 1. The lowest BCUT2D eigenvalue weighted by molar-refractivity contribution is 0.121. The molecule has 1 heterocycles. The van der Waals surface area contributed by atoms with Crippen molar-refractivity contribution >= 4 is 6.08 Å². The Labute approximate surface area is 193 Å². The highest BCUT2D eigenvalue weighted by Gasteiger charge is 2.35. The van der Waals surface area contributed by atoms with Crippen LogP contribution in [0, 0.1) is 11.2 Å². The summed E-state index contributed by atoms with van der Waals surface area (Å²) in [5, 5.41) is 15.9. The van der Waals surface area contributed by atoms with E-state index >= 15 is 0 Å². The maximum Gasteiger partial charge on any atom is 0.123 e. The van der Waals surface area contributed by atoms with Gasteiger partial charge in [-0.15, -0.1) is 0 Å². The van der Waals surface area contributed by atoms with E-state index in [4.69, 9.17) is 0 Å². The van der Waals surface area contributed by atoms with Crippen LogP contribution in [0.4, 0.5) is 4.39 Å². The van der Waals surface area contributed by atoms with E-state index in [9.17, 15) is 9.50 Å². The molecule has 0 saturated heterocycles. The molecular formula is C29H27FN2O. The average molecular weight is 439 g/mol. The van der Waals surface area contributed by atoms with E-state index in [0.717, 1.165) is 40.1 Å². The summed E-state index contributed by atoms with van der Waals surface area (Å²) in [6, 6.07) is 24.7. The summed E-state index contributed by atoms with van der Waals surface area (Å²) in [6.07, 6.45) is 4.86.